The van der Waals surface area contributed by atoms with Gasteiger partial charge in [0.05, 0.1) is 6.04 Å². The molecule has 0 aliphatic carbocycles. The number of anilines is 2. The zero-order valence-corrected chi connectivity index (χ0v) is 17.6. The van der Waals surface area contributed by atoms with Crippen LogP contribution in [0.3, 0.4) is 0 Å². The number of carboxylic acid groups (broad SMARTS) is 1. The molecule has 3 aromatic carbocycles. The Hall–Kier alpha value is -4.04. The number of aliphatic carboxylic acids is 1. The summed E-state index contributed by atoms with van der Waals surface area (Å²) in [6.07, 6.45) is 0.241. The van der Waals surface area contributed by atoms with Crippen LogP contribution in [0.5, 0.6) is 0 Å². The zero-order valence-electron chi connectivity index (χ0n) is 17.6. The fraction of sp³-hybridized carbons (Fsp3) is 0.167. The average molecular weight is 428 g/mol. The van der Waals surface area contributed by atoms with Crippen molar-refractivity contribution in [3.8, 4) is 11.4 Å². The quantitative estimate of drug-likeness (QED) is 0.351. The molecule has 0 spiro atoms. The number of nitrogens with one attached hydrogen (secondary N) is 1. The molecule has 4 aromatic rings. The monoisotopic (exact) mass is 428 g/mol. The molecule has 0 amide bonds. The molecule has 0 bridgehead atoms. The van der Waals surface area contributed by atoms with Crippen LogP contribution in [0.2, 0.25) is 0 Å². The van der Waals surface area contributed by atoms with Crippen molar-refractivity contribution in [1.29, 1.82) is 0 Å². The molecule has 0 saturated carbocycles. The van der Waals surface area contributed by atoms with Crippen molar-refractivity contribution in [2.75, 3.05) is 11.1 Å². The number of carboxylic acids is 1. The fourth-order valence-electron chi connectivity index (χ4n) is 3.47. The predicted octanol–water partition coefficient (Wildman–Crippen LogP) is 3.40. The Bertz CT molecular complexity index is 1260. The van der Waals surface area contributed by atoms with E-state index in [1.54, 1.807) is 0 Å². The lowest BCUT2D eigenvalue weighted by molar-refractivity contribution is -0.138. The van der Waals surface area contributed by atoms with Crippen molar-refractivity contribution in [3.63, 3.8) is 0 Å². The summed E-state index contributed by atoms with van der Waals surface area (Å²) in [5.74, 6) is -0.110. The van der Waals surface area contributed by atoms with Crippen LogP contribution in [-0.2, 0) is 11.2 Å². The Labute approximate surface area is 185 Å². The Morgan fingerprint density at radius 2 is 1.72 bits per heavy atom. The number of aromatic nitrogens is 3. The Balaban J connectivity index is 1.53. The third kappa shape index (κ3) is 4.81. The maximum atomic E-state index is 10.9. The highest BCUT2D eigenvalue weighted by atomic mass is 16.4. The van der Waals surface area contributed by atoms with Gasteiger partial charge in [-0.2, -0.15) is 15.0 Å². The fourth-order valence-corrected chi connectivity index (χ4v) is 3.47. The molecule has 0 saturated heterocycles. The molecule has 0 radical (unpaired) electrons. The standard InChI is InChI=1S/C24H24N6O2/c1-14(18-11-10-16-4-2-3-5-19(16)13-18)27-24-29-21(28-23(26)30-24)17-8-6-15(7-9-17)12-20(25)22(31)32/h2-11,13-14,20H,12,25H2,1H3,(H,31,32)(H3,26,27,28,29,30)/t14-,20?/m0/s1. The van der Waals surface area contributed by atoms with E-state index in [0.717, 1.165) is 22.1 Å². The molecule has 162 valence electrons. The molecular formula is C24H24N6O2. The zero-order chi connectivity index (χ0) is 22.7. The highest BCUT2D eigenvalue weighted by molar-refractivity contribution is 5.83. The van der Waals surface area contributed by atoms with E-state index in [9.17, 15) is 4.79 Å². The van der Waals surface area contributed by atoms with Crippen LogP contribution >= 0.6 is 0 Å². The molecule has 8 nitrogen and oxygen atoms in total. The minimum Gasteiger partial charge on any atom is -0.480 e. The van der Waals surface area contributed by atoms with E-state index in [1.807, 2.05) is 43.3 Å². The van der Waals surface area contributed by atoms with Gasteiger partial charge in [-0.15, -0.1) is 0 Å². The Kier molecular flexibility index (Phi) is 5.96. The summed E-state index contributed by atoms with van der Waals surface area (Å²) in [5.41, 5.74) is 14.2. The first-order chi connectivity index (χ1) is 15.4. The van der Waals surface area contributed by atoms with E-state index in [2.05, 4.69) is 50.6 Å². The van der Waals surface area contributed by atoms with Crippen LogP contribution in [0.1, 0.15) is 24.1 Å². The highest BCUT2D eigenvalue weighted by Gasteiger charge is 2.14. The van der Waals surface area contributed by atoms with Gasteiger partial charge in [-0.3, -0.25) is 4.79 Å². The van der Waals surface area contributed by atoms with Crippen LogP contribution in [-0.4, -0.2) is 32.1 Å². The predicted molar refractivity (Wildman–Crippen MR) is 125 cm³/mol. The summed E-state index contributed by atoms with van der Waals surface area (Å²) in [6.45, 7) is 2.03. The van der Waals surface area contributed by atoms with Crippen LogP contribution in [0.25, 0.3) is 22.2 Å². The van der Waals surface area contributed by atoms with Gasteiger partial charge in [0.2, 0.25) is 11.9 Å². The van der Waals surface area contributed by atoms with Gasteiger partial charge in [-0.05, 0) is 41.3 Å². The molecule has 4 rings (SSSR count). The Morgan fingerprint density at radius 3 is 2.44 bits per heavy atom. The molecule has 0 aliphatic heterocycles. The largest absolute Gasteiger partial charge is 0.480 e. The smallest absolute Gasteiger partial charge is 0.320 e. The van der Waals surface area contributed by atoms with Gasteiger partial charge in [-0.25, -0.2) is 0 Å². The van der Waals surface area contributed by atoms with Gasteiger partial charge in [0.15, 0.2) is 5.82 Å². The molecule has 0 fully saturated rings. The summed E-state index contributed by atoms with van der Waals surface area (Å²) >= 11 is 0. The van der Waals surface area contributed by atoms with Crippen molar-refractivity contribution in [2.24, 2.45) is 5.73 Å². The molecule has 1 heterocycles. The molecule has 32 heavy (non-hydrogen) atoms. The number of nitrogens with zero attached hydrogens (tertiary/aromatic N) is 3. The first kappa shape index (κ1) is 21.2. The SMILES string of the molecule is C[C@H](Nc1nc(N)nc(-c2ccc(CC(N)C(=O)O)cc2)n1)c1ccc2ccccc2c1. The van der Waals surface area contributed by atoms with E-state index in [1.165, 1.54) is 5.39 Å². The normalized spacial score (nSPS) is 12.9. The lowest BCUT2D eigenvalue weighted by Gasteiger charge is -2.16. The second-order valence-electron chi connectivity index (χ2n) is 7.66. The number of benzene rings is 3. The topological polar surface area (TPSA) is 140 Å². The van der Waals surface area contributed by atoms with Gasteiger partial charge in [0.25, 0.3) is 0 Å². The molecule has 1 unspecified atom stereocenters. The second-order valence-corrected chi connectivity index (χ2v) is 7.66. The summed E-state index contributed by atoms with van der Waals surface area (Å²) < 4.78 is 0. The number of rotatable bonds is 7. The van der Waals surface area contributed by atoms with Crippen molar-refractivity contribution in [2.45, 2.75) is 25.4 Å². The third-order valence-electron chi connectivity index (χ3n) is 5.26. The van der Waals surface area contributed by atoms with Gasteiger partial charge in [0.1, 0.15) is 6.04 Å². The molecule has 2 atom stereocenters. The summed E-state index contributed by atoms with van der Waals surface area (Å²) in [5, 5.41) is 14.6. The van der Waals surface area contributed by atoms with E-state index < -0.39 is 12.0 Å². The maximum Gasteiger partial charge on any atom is 0.320 e. The van der Waals surface area contributed by atoms with E-state index in [-0.39, 0.29) is 18.4 Å². The minimum atomic E-state index is -1.03. The van der Waals surface area contributed by atoms with Crippen LogP contribution < -0.4 is 16.8 Å². The molecule has 6 N–H and O–H groups in total. The first-order valence-corrected chi connectivity index (χ1v) is 10.2. The van der Waals surface area contributed by atoms with Crippen molar-refractivity contribution in [1.82, 2.24) is 15.0 Å². The van der Waals surface area contributed by atoms with Gasteiger partial charge in [0, 0.05) is 5.56 Å². The average Bonchev–Trinajstić information content (AvgIpc) is 2.78. The number of fused-ring (bicyclic) bond motifs is 1. The Morgan fingerprint density at radius 1 is 1.00 bits per heavy atom. The second kappa shape index (κ2) is 8.99. The highest BCUT2D eigenvalue weighted by Crippen LogP contribution is 2.24. The molecular weight excluding hydrogens is 404 g/mol. The number of nitrogen functional groups attached to an aromatic ring is 1. The summed E-state index contributed by atoms with van der Waals surface area (Å²) in [6, 6.07) is 20.8. The molecule has 8 heteroatoms. The van der Waals surface area contributed by atoms with Crippen molar-refractivity contribution in [3.05, 3.63) is 77.9 Å². The van der Waals surface area contributed by atoms with E-state index in [4.69, 9.17) is 16.6 Å². The lowest BCUT2D eigenvalue weighted by Crippen LogP contribution is -2.32. The number of hydrogen-bond acceptors (Lipinski definition) is 7. The number of nitrogens with two attached hydrogens (primary N) is 2. The maximum absolute atomic E-state index is 10.9. The lowest BCUT2D eigenvalue weighted by atomic mass is 10.0. The van der Waals surface area contributed by atoms with Crippen LogP contribution in [0, 0.1) is 0 Å². The van der Waals surface area contributed by atoms with E-state index >= 15 is 0 Å². The van der Waals surface area contributed by atoms with Crippen LogP contribution in [0.15, 0.2) is 66.7 Å². The van der Waals surface area contributed by atoms with Gasteiger partial charge < -0.3 is 21.9 Å². The third-order valence-corrected chi connectivity index (χ3v) is 5.26. The molecule has 1 aromatic heterocycles. The molecule has 0 aliphatic rings. The minimum absolute atomic E-state index is 0.0471. The number of carbonyl (C=O) groups is 1. The van der Waals surface area contributed by atoms with Crippen LogP contribution in [0.4, 0.5) is 11.9 Å². The number of hydrogen-bond donors (Lipinski definition) is 4. The van der Waals surface area contributed by atoms with Crippen molar-refractivity contribution >= 4 is 28.6 Å². The summed E-state index contributed by atoms with van der Waals surface area (Å²) in [4.78, 5) is 23.9. The van der Waals surface area contributed by atoms with Gasteiger partial charge in [-0.1, -0.05) is 60.7 Å². The first-order valence-electron chi connectivity index (χ1n) is 10.2. The van der Waals surface area contributed by atoms with Gasteiger partial charge >= 0.3 is 5.97 Å². The van der Waals surface area contributed by atoms with E-state index in [0.29, 0.717) is 11.8 Å². The summed E-state index contributed by atoms with van der Waals surface area (Å²) in [7, 11) is 0. The van der Waals surface area contributed by atoms with Crippen molar-refractivity contribution < 1.29 is 9.90 Å².